The molecule has 6 nitrogen and oxygen atoms in total. The van der Waals surface area contributed by atoms with Crippen LogP contribution in [0.4, 0.5) is 11.5 Å². The van der Waals surface area contributed by atoms with Crippen molar-refractivity contribution < 1.29 is 14.3 Å². The van der Waals surface area contributed by atoms with Crippen LogP contribution in [0.15, 0.2) is 24.3 Å². The van der Waals surface area contributed by atoms with Crippen molar-refractivity contribution in [2.45, 2.75) is 27.7 Å². The molecule has 0 saturated heterocycles. The molecule has 7 heteroatoms. The van der Waals surface area contributed by atoms with Crippen molar-refractivity contribution in [1.29, 1.82) is 0 Å². The Bertz CT molecular complexity index is 1010. The summed E-state index contributed by atoms with van der Waals surface area (Å²) in [7, 11) is 0. The lowest BCUT2D eigenvalue weighted by atomic mass is 10.1. The summed E-state index contributed by atoms with van der Waals surface area (Å²) in [5.74, 6) is 0.848. The summed E-state index contributed by atoms with van der Waals surface area (Å²) < 4.78 is 5.13. The van der Waals surface area contributed by atoms with E-state index in [4.69, 9.17) is 4.74 Å². The quantitative estimate of drug-likeness (QED) is 0.529. The molecular weight excluding hydrogens is 350 g/mol. The number of thiophene rings is 1. The molecule has 0 aliphatic heterocycles. The molecule has 0 spiro atoms. The van der Waals surface area contributed by atoms with Gasteiger partial charge < -0.3 is 10.1 Å². The maximum Gasteiger partial charge on any atom is 0.348 e. The Hall–Kier alpha value is -2.80. The van der Waals surface area contributed by atoms with E-state index in [0.29, 0.717) is 28.7 Å². The topological polar surface area (TPSA) is 81.2 Å². The number of hydrogen-bond acceptors (Lipinski definition) is 7. The second kappa shape index (κ2) is 7.21. The van der Waals surface area contributed by atoms with E-state index in [-0.39, 0.29) is 11.8 Å². The van der Waals surface area contributed by atoms with E-state index < -0.39 is 0 Å². The molecule has 0 amide bonds. The molecule has 0 atom stereocenters. The zero-order valence-corrected chi connectivity index (χ0v) is 15.9. The largest absolute Gasteiger partial charge is 0.462 e. The van der Waals surface area contributed by atoms with Crippen LogP contribution < -0.4 is 5.32 Å². The Morgan fingerprint density at radius 3 is 2.69 bits per heavy atom. The zero-order chi connectivity index (χ0) is 18.8. The number of esters is 1. The predicted molar refractivity (Wildman–Crippen MR) is 103 cm³/mol. The number of aromatic nitrogens is 2. The molecule has 2 aromatic heterocycles. The van der Waals surface area contributed by atoms with Gasteiger partial charge in [-0.1, -0.05) is 12.1 Å². The number of nitrogens with zero attached hydrogens (tertiary/aromatic N) is 2. The second-order valence-electron chi connectivity index (χ2n) is 5.84. The molecule has 0 fully saturated rings. The number of ketones is 1. The van der Waals surface area contributed by atoms with E-state index in [1.807, 2.05) is 19.1 Å². The number of fused-ring (bicyclic) bond motifs is 1. The minimum Gasteiger partial charge on any atom is -0.462 e. The number of rotatable bonds is 5. The van der Waals surface area contributed by atoms with Crippen molar-refractivity contribution in [2.24, 2.45) is 0 Å². The molecule has 3 aromatic rings. The summed E-state index contributed by atoms with van der Waals surface area (Å²) in [4.78, 5) is 34.0. The molecule has 26 heavy (non-hydrogen) atoms. The highest BCUT2D eigenvalue weighted by Crippen LogP contribution is 2.35. The zero-order valence-electron chi connectivity index (χ0n) is 15.0. The highest BCUT2D eigenvalue weighted by Gasteiger charge is 2.21. The third kappa shape index (κ3) is 3.43. The molecule has 1 aromatic carbocycles. The Morgan fingerprint density at radius 1 is 1.23 bits per heavy atom. The molecule has 0 unspecified atom stereocenters. The van der Waals surface area contributed by atoms with Gasteiger partial charge in [-0.05, 0) is 45.4 Å². The maximum absolute atomic E-state index is 12.2. The van der Waals surface area contributed by atoms with Crippen molar-refractivity contribution in [3.8, 4) is 0 Å². The lowest BCUT2D eigenvalue weighted by Gasteiger charge is -2.09. The number of carbonyl (C=O) groups is 2. The van der Waals surface area contributed by atoms with E-state index in [2.05, 4.69) is 15.3 Å². The number of carbonyl (C=O) groups excluding carboxylic acids is 2. The Labute approximate surface area is 155 Å². The van der Waals surface area contributed by atoms with Gasteiger partial charge in [-0.2, -0.15) is 0 Å². The fraction of sp³-hybridized carbons (Fsp3) is 0.263. The number of benzene rings is 1. The average molecular weight is 369 g/mol. The minimum atomic E-state index is -0.352. The van der Waals surface area contributed by atoms with Crippen molar-refractivity contribution in [1.82, 2.24) is 9.97 Å². The molecule has 134 valence electrons. The fourth-order valence-electron chi connectivity index (χ4n) is 2.68. The molecule has 0 saturated carbocycles. The lowest BCUT2D eigenvalue weighted by molar-refractivity contribution is 0.0531. The predicted octanol–water partition coefficient (Wildman–Crippen LogP) is 4.43. The summed E-state index contributed by atoms with van der Waals surface area (Å²) in [6.45, 7) is 7.29. The number of Topliss-reactive ketones (excluding diaryl/α,β-unsaturated/α-hetero) is 1. The van der Waals surface area contributed by atoms with Crippen LogP contribution >= 0.6 is 11.3 Å². The number of aryl methyl sites for hydroxylation is 2. The van der Waals surface area contributed by atoms with Crippen molar-refractivity contribution in [3.05, 3.63) is 46.1 Å². The summed E-state index contributed by atoms with van der Waals surface area (Å²) in [6.07, 6.45) is 0. The van der Waals surface area contributed by atoms with Gasteiger partial charge >= 0.3 is 5.97 Å². The average Bonchev–Trinajstić information content (AvgIpc) is 2.92. The molecule has 3 rings (SSSR count). The van der Waals surface area contributed by atoms with Gasteiger partial charge in [-0.3, -0.25) is 4.79 Å². The highest BCUT2D eigenvalue weighted by molar-refractivity contribution is 7.20. The monoisotopic (exact) mass is 369 g/mol. The number of anilines is 2. The summed E-state index contributed by atoms with van der Waals surface area (Å²) >= 11 is 1.30. The molecule has 1 N–H and O–H groups in total. The van der Waals surface area contributed by atoms with E-state index in [1.165, 1.54) is 18.3 Å². The van der Waals surface area contributed by atoms with Gasteiger partial charge in [0.25, 0.3) is 0 Å². The standard InChI is InChI=1S/C19H19N3O3S/c1-5-25-19(24)16-10(2)15-17(20-12(4)21-18(15)26-16)22-14-8-6-7-13(9-14)11(3)23/h6-9H,5H2,1-4H3,(H,20,21,22). The van der Waals surface area contributed by atoms with Crippen LogP contribution in [0.25, 0.3) is 10.2 Å². The number of nitrogens with one attached hydrogen (secondary N) is 1. The molecule has 0 radical (unpaired) electrons. The van der Waals surface area contributed by atoms with Gasteiger partial charge in [0.05, 0.1) is 12.0 Å². The lowest BCUT2D eigenvalue weighted by Crippen LogP contribution is -2.04. The van der Waals surface area contributed by atoms with Crippen molar-refractivity contribution in [3.63, 3.8) is 0 Å². The first-order chi connectivity index (χ1) is 12.4. The minimum absolute atomic E-state index is 0.00558. The van der Waals surface area contributed by atoms with Gasteiger partial charge in [0.2, 0.25) is 0 Å². The van der Waals surface area contributed by atoms with E-state index >= 15 is 0 Å². The van der Waals surface area contributed by atoms with Crippen LogP contribution in [-0.4, -0.2) is 28.3 Å². The summed E-state index contributed by atoms with van der Waals surface area (Å²) in [6, 6.07) is 7.22. The van der Waals surface area contributed by atoms with E-state index in [9.17, 15) is 9.59 Å². The molecule has 0 bridgehead atoms. The maximum atomic E-state index is 12.2. The van der Waals surface area contributed by atoms with Crippen molar-refractivity contribution >= 4 is 44.8 Å². The number of hydrogen-bond donors (Lipinski definition) is 1. The van der Waals surface area contributed by atoms with E-state index in [1.54, 1.807) is 26.0 Å². The normalized spacial score (nSPS) is 10.8. The fourth-order valence-corrected chi connectivity index (χ4v) is 3.80. The molecule has 0 aliphatic carbocycles. The van der Waals surface area contributed by atoms with Crippen molar-refractivity contribution in [2.75, 3.05) is 11.9 Å². The van der Waals surface area contributed by atoms with Crippen LogP contribution in [0.1, 0.15) is 45.3 Å². The van der Waals surface area contributed by atoms with Crippen LogP contribution in [-0.2, 0) is 4.74 Å². The van der Waals surface area contributed by atoms with Crippen LogP contribution in [0.2, 0.25) is 0 Å². The Balaban J connectivity index is 2.09. The van der Waals surface area contributed by atoms with Crippen LogP contribution in [0, 0.1) is 13.8 Å². The van der Waals surface area contributed by atoms with Crippen LogP contribution in [0.3, 0.4) is 0 Å². The smallest absolute Gasteiger partial charge is 0.348 e. The van der Waals surface area contributed by atoms with Gasteiger partial charge in [0.15, 0.2) is 5.78 Å². The molecule has 2 heterocycles. The first-order valence-corrected chi connectivity index (χ1v) is 9.05. The third-order valence-corrected chi connectivity index (χ3v) is 5.06. The van der Waals surface area contributed by atoms with Gasteiger partial charge in [-0.25, -0.2) is 14.8 Å². The van der Waals surface area contributed by atoms with Crippen LogP contribution in [0.5, 0.6) is 0 Å². The molecular formula is C19H19N3O3S. The van der Waals surface area contributed by atoms with E-state index in [0.717, 1.165) is 21.5 Å². The first-order valence-electron chi connectivity index (χ1n) is 8.23. The Morgan fingerprint density at radius 2 is 2.00 bits per heavy atom. The van der Waals surface area contributed by atoms with Gasteiger partial charge in [-0.15, -0.1) is 11.3 Å². The SMILES string of the molecule is CCOC(=O)c1sc2nc(C)nc(Nc3cccc(C(C)=O)c3)c2c1C. The van der Waals surface area contributed by atoms with Gasteiger partial charge in [0, 0.05) is 11.3 Å². The second-order valence-corrected chi connectivity index (χ2v) is 6.84. The molecule has 0 aliphatic rings. The summed E-state index contributed by atoms with van der Waals surface area (Å²) in [5, 5.41) is 4.05. The Kier molecular flexibility index (Phi) is 4.99. The third-order valence-electron chi connectivity index (χ3n) is 3.89. The summed E-state index contributed by atoms with van der Waals surface area (Å²) in [5.41, 5.74) is 2.15. The number of ether oxygens (including phenoxy) is 1. The van der Waals surface area contributed by atoms with Gasteiger partial charge in [0.1, 0.15) is 21.3 Å². The first kappa shape index (κ1) is 18.0. The highest BCUT2D eigenvalue weighted by atomic mass is 32.1.